The molecule has 1 aromatic carbocycles. The fourth-order valence-electron chi connectivity index (χ4n) is 3.98. The minimum atomic E-state index is -3.57. The summed E-state index contributed by atoms with van der Waals surface area (Å²) in [5.74, 6) is 1.16. The van der Waals surface area contributed by atoms with Gasteiger partial charge in [-0.2, -0.15) is 4.31 Å². The van der Waals surface area contributed by atoms with E-state index >= 15 is 0 Å². The molecular formula is C21H32N2O3S. The lowest BCUT2D eigenvalue weighted by atomic mass is 9.98. The Morgan fingerprint density at radius 1 is 0.926 bits per heavy atom. The van der Waals surface area contributed by atoms with Crippen molar-refractivity contribution in [2.75, 3.05) is 26.2 Å². The molecule has 1 aromatic rings. The summed E-state index contributed by atoms with van der Waals surface area (Å²) in [5.41, 5.74) is 2.10. The van der Waals surface area contributed by atoms with Crippen LogP contribution in [-0.4, -0.2) is 49.7 Å². The van der Waals surface area contributed by atoms with Crippen LogP contribution in [0.2, 0.25) is 0 Å². The molecule has 0 saturated carbocycles. The van der Waals surface area contributed by atoms with Crippen LogP contribution in [0.5, 0.6) is 0 Å². The Hall–Kier alpha value is -1.40. The summed E-state index contributed by atoms with van der Waals surface area (Å²) < 4.78 is 28.1. The van der Waals surface area contributed by atoms with Gasteiger partial charge in [0, 0.05) is 31.7 Å². The molecule has 0 atom stereocenters. The molecule has 0 radical (unpaired) electrons. The third-order valence-electron chi connectivity index (χ3n) is 6.30. The number of piperidine rings is 2. The first-order valence-electron chi connectivity index (χ1n) is 10.1. The van der Waals surface area contributed by atoms with E-state index in [9.17, 15) is 13.2 Å². The molecule has 2 aliphatic heterocycles. The van der Waals surface area contributed by atoms with E-state index in [1.165, 1.54) is 0 Å². The molecule has 5 nitrogen and oxygen atoms in total. The zero-order chi connectivity index (χ0) is 19.8. The van der Waals surface area contributed by atoms with E-state index in [1.807, 2.05) is 24.8 Å². The predicted octanol–water partition coefficient (Wildman–Crippen LogP) is 3.60. The van der Waals surface area contributed by atoms with E-state index in [0.29, 0.717) is 35.4 Å². The van der Waals surface area contributed by atoms with E-state index in [2.05, 4.69) is 13.8 Å². The number of aryl methyl sites for hydroxylation is 1. The molecule has 2 heterocycles. The minimum Gasteiger partial charge on any atom is -0.339 e. The third-order valence-corrected chi connectivity index (χ3v) is 8.32. The largest absolute Gasteiger partial charge is 0.339 e. The van der Waals surface area contributed by atoms with Gasteiger partial charge in [-0.1, -0.05) is 13.8 Å². The first-order valence-corrected chi connectivity index (χ1v) is 11.5. The van der Waals surface area contributed by atoms with E-state index in [1.54, 1.807) is 10.4 Å². The number of nitrogens with zero attached hydrogens (tertiary/aromatic N) is 2. The van der Waals surface area contributed by atoms with Gasteiger partial charge in [-0.25, -0.2) is 8.42 Å². The monoisotopic (exact) mass is 392 g/mol. The zero-order valence-corrected chi connectivity index (χ0v) is 17.8. The fourth-order valence-corrected chi connectivity index (χ4v) is 5.77. The van der Waals surface area contributed by atoms with Crippen LogP contribution in [0.15, 0.2) is 17.0 Å². The van der Waals surface area contributed by atoms with Crippen molar-refractivity contribution in [3.8, 4) is 0 Å². The molecule has 2 saturated heterocycles. The van der Waals surface area contributed by atoms with Crippen LogP contribution < -0.4 is 0 Å². The highest BCUT2D eigenvalue weighted by Crippen LogP contribution is 2.29. The second kappa shape index (κ2) is 7.92. The van der Waals surface area contributed by atoms with Crippen LogP contribution in [0, 0.1) is 25.7 Å². The van der Waals surface area contributed by atoms with Crippen LogP contribution in [0.25, 0.3) is 0 Å². The molecule has 2 fully saturated rings. The second-order valence-electron chi connectivity index (χ2n) is 8.48. The lowest BCUT2D eigenvalue weighted by molar-refractivity contribution is 0.0697. The van der Waals surface area contributed by atoms with Gasteiger partial charge in [-0.05, 0) is 74.6 Å². The number of hydrogen-bond acceptors (Lipinski definition) is 3. The maximum absolute atomic E-state index is 13.3. The maximum atomic E-state index is 13.3. The van der Waals surface area contributed by atoms with Gasteiger partial charge >= 0.3 is 0 Å². The Balaban J connectivity index is 1.91. The highest BCUT2D eigenvalue weighted by molar-refractivity contribution is 7.89. The van der Waals surface area contributed by atoms with Crippen molar-refractivity contribution in [2.24, 2.45) is 11.8 Å². The van der Waals surface area contributed by atoms with Crippen molar-refractivity contribution in [2.45, 2.75) is 58.3 Å². The van der Waals surface area contributed by atoms with Crippen molar-refractivity contribution in [3.63, 3.8) is 0 Å². The van der Waals surface area contributed by atoms with Gasteiger partial charge in [0.1, 0.15) is 0 Å². The molecule has 0 unspecified atom stereocenters. The van der Waals surface area contributed by atoms with Crippen molar-refractivity contribution in [1.82, 2.24) is 9.21 Å². The van der Waals surface area contributed by atoms with Gasteiger partial charge in [0.15, 0.2) is 0 Å². The Kier molecular flexibility index (Phi) is 5.96. The fraction of sp³-hybridized carbons (Fsp3) is 0.667. The average Bonchev–Trinajstić information content (AvgIpc) is 2.64. The predicted molar refractivity (Wildman–Crippen MR) is 107 cm³/mol. The Morgan fingerprint density at radius 2 is 1.44 bits per heavy atom. The number of hydrogen-bond donors (Lipinski definition) is 0. The standard InChI is InChI=1S/C21H32N2O3S/c1-15-5-9-22(10-6-15)21(24)19-13-17(3)18(4)20(14-19)27(25,26)23-11-7-16(2)8-12-23/h13-16H,5-12H2,1-4H3. The maximum Gasteiger partial charge on any atom is 0.253 e. The molecule has 0 N–H and O–H groups in total. The highest BCUT2D eigenvalue weighted by Gasteiger charge is 2.31. The van der Waals surface area contributed by atoms with Crippen molar-refractivity contribution in [3.05, 3.63) is 28.8 Å². The molecule has 27 heavy (non-hydrogen) atoms. The van der Waals surface area contributed by atoms with E-state index in [-0.39, 0.29) is 5.91 Å². The quantitative estimate of drug-likeness (QED) is 0.790. The second-order valence-corrected chi connectivity index (χ2v) is 10.4. The molecule has 1 amide bonds. The van der Waals surface area contributed by atoms with Crippen molar-refractivity contribution < 1.29 is 13.2 Å². The number of benzene rings is 1. The summed E-state index contributed by atoms with van der Waals surface area (Å²) in [6.45, 7) is 10.7. The topological polar surface area (TPSA) is 57.7 Å². The molecule has 0 spiro atoms. The van der Waals surface area contributed by atoms with Gasteiger partial charge in [0.05, 0.1) is 4.90 Å². The molecular weight excluding hydrogens is 360 g/mol. The highest BCUT2D eigenvalue weighted by atomic mass is 32.2. The summed E-state index contributed by atoms with van der Waals surface area (Å²) in [6, 6.07) is 3.45. The smallest absolute Gasteiger partial charge is 0.253 e. The number of carbonyl (C=O) groups excluding carboxylic acids is 1. The molecule has 6 heteroatoms. The van der Waals surface area contributed by atoms with Gasteiger partial charge in [0.25, 0.3) is 5.91 Å². The van der Waals surface area contributed by atoms with Crippen LogP contribution in [-0.2, 0) is 10.0 Å². The van der Waals surface area contributed by atoms with Gasteiger partial charge in [-0.3, -0.25) is 4.79 Å². The van der Waals surface area contributed by atoms with Crippen molar-refractivity contribution >= 4 is 15.9 Å². The van der Waals surface area contributed by atoms with Gasteiger partial charge < -0.3 is 4.90 Å². The first-order chi connectivity index (χ1) is 12.7. The molecule has 2 aliphatic rings. The summed E-state index contributed by atoms with van der Waals surface area (Å²) >= 11 is 0. The number of amides is 1. The Labute approximate surface area is 163 Å². The zero-order valence-electron chi connectivity index (χ0n) is 17.0. The van der Waals surface area contributed by atoms with Crippen LogP contribution in [0.1, 0.15) is 61.0 Å². The number of rotatable bonds is 3. The summed E-state index contributed by atoms with van der Waals surface area (Å²) in [6.07, 6.45) is 3.80. The summed E-state index contributed by atoms with van der Waals surface area (Å²) in [4.78, 5) is 15.1. The van der Waals surface area contributed by atoms with E-state index in [0.717, 1.165) is 49.9 Å². The summed E-state index contributed by atoms with van der Waals surface area (Å²) in [7, 11) is -3.57. The third kappa shape index (κ3) is 4.21. The first kappa shape index (κ1) is 20.3. The van der Waals surface area contributed by atoms with Crippen LogP contribution in [0.4, 0.5) is 0 Å². The molecule has 3 rings (SSSR count). The molecule has 0 bridgehead atoms. The van der Waals surface area contributed by atoms with E-state index < -0.39 is 10.0 Å². The lowest BCUT2D eigenvalue weighted by Gasteiger charge is -2.31. The molecule has 0 aliphatic carbocycles. The lowest BCUT2D eigenvalue weighted by Crippen LogP contribution is -2.39. The average molecular weight is 393 g/mol. The van der Waals surface area contributed by atoms with Crippen LogP contribution in [0.3, 0.4) is 0 Å². The minimum absolute atomic E-state index is 0.0475. The van der Waals surface area contributed by atoms with E-state index in [4.69, 9.17) is 0 Å². The van der Waals surface area contributed by atoms with Gasteiger partial charge in [-0.15, -0.1) is 0 Å². The number of likely N-dealkylation sites (tertiary alicyclic amines) is 1. The SMILES string of the molecule is Cc1cc(C(=O)N2CCC(C)CC2)cc(S(=O)(=O)N2CCC(C)CC2)c1C. The number of sulfonamides is 1. The molecule has 150 valence electrons. The van der Waals surface area contributed by atoms with Crippen LogP contribution >= 0.6 is 0 Å². The summed E-state index contributed by atoms with van der Waals surface area (Å²) in [5, 5.41) is 0. The number of carbonyl (C=O) groups is 1. The van der Waals surface area contributed by atoms with Crippen molar-refractivity contribution in [1.29, 1.82) is 0 Å². The Morgan fingerprint density at radius 3 is 2.00 bits per heavy atom. The molecule has 0 aromatic heterocycles. The normalized spacial score (nSPS) is 20.8. The Bertz CT molecular complexity index is 803. The van der Waals surface area contributed by atoms with Gasteiger partial charge in [0.2, 0.25) is 10.0 Å².